The Morgan fingerprint density at radius 1 is 1.43 bits per heavy atom. The Morgan fingerprint density at radius 2 is 2.19 bits per heavy atom. The van der Waals surface area contributed by atoms with Gasteiger partial charge in [-0.05, 0) is 11.4 Å². The molecule has 0 aliphatic carbocycles. The summed E-state index contributed by atoms with van der Waals surface area (Å²) in [6.07, 6.45) is 1.24. The van der Waals surface area contributed by atoms with Crippen LogP contribution >= 0.6 is 22.9 Å². The van der Waals surface area contributed by atoms with Crippen LogP contribution in [-0.4, -0.2) is 40.1 Å². The first-order chi connectivity index (χ1) is 9.91. The Labute approximate surface area is 129 Å². The van der Waals surface area contributed by atoms with E-state index in [9.17, 15) is 13.2 Å². The third kappa shape index (κ3) is 2.35. The number of fused-ring (bicyclic) bond motifs is 1. The van der Waals surface area contributed by atoms with Crippen LogP contribution < -0.4 is 0 Å². The maximum absolute atomic E-state index is 12.6. The monoisotopic (exact) mass is 347 g/mol. The summed E-state index contributed by atoms with van der Waals surface area (Å²) in [5.41, 5.74) is 0.398. The van der Waals surface area contributed by atoms with Crippen molar-refractivity contribution in [2.45, 2.75) is 18.0 Å². The minimum Gasteiger partial charge on any atom is -0.478 e. The van der Waals surface area contributed by atoms with Crippen molar-refractivity contribution in [3.8, 4) is 0 Å². The van der Waals surface area contributed by atoms with Crippen LogP contribution in [0.4, 0.5) is 0 Å². The van der Waals surface area contributed by atoms with Gasteiger partial charge in [-0.15, -0.1) is 11.3 Å². The number of carboxylic acids is 1. The highest BCUT2D eigenvalue weighted by Crippen LogP contribution is 2.31. The highest BCUT2D eigenvalue weighted by atomic mass is 35.5. The van der Waals surface area contributed by atoms with Crippen LogP contribution in [0.15, 0.2) is 22.5 Å². The fraction of sp³-hybridized carbons (Fsp3) is 0.273. The van der Waals surface area contributed by atoms with E-state index in [0.29, 0.717) is 12.2 Å². The molecule has 0 bridgehead atoms. The minimum absolute atomic E-state index is 0.0197. The third-order valence-corrected chi connectivity index (χ3v) is 6.57. The molecule has 7 nitrogen and oxygen atoms in total. The Morgan fingerprint density at radius 3 is 2.81 bits per heavy atom. The molecule has 0 fully saturated rings. The molecule has 0 spiro atoms. The molecular weight excluding hydrogens is 338 g/mol. The number of aromatic nitrogens is 2. The molecule has 0 radical (unpaired) electrons. The molecule has 0 unspecified atom stereocenters. The van der Waals surface area contributed by atoms with E-state index in [-0.39, 0.29) is 27.9 Å². The molecule has 0 aromatic carbocycles. The molecule has 0 amide bonds. The molecular formula is C11H10ClN3O4S2. The third-order valence-electron chi connectivity index (χ3n) is 3.27. The molecule has 0 saturated carbocycles. The first-order valence-electron chi connectivity index (χ1n) is 5.92. The molecule has 3 heterocycles. The number of thiophene rings is 1. The second-order valence-electron chi connectivity index (χ2n) is 4.43. The number of carbonyl (C=O) groups is 1. The predicted molar refractivity (Wildman–Crippen MR) is 76.1 cm³/mol. The lowest BCUT2D eigenvalue weighted by molar-refractivity contribution is 0.0694. The Balaban J connectivity index is 1.98. The van der Waals surface area contributed by atoms with Crippen LogP contribution in [0.3, 0.4) is 0 Å². The normalized spacial score (nSPS) is 15.9. The summed E-state index contributed by atoms with van der Waals surface area (Å²) in [4.78, 5) is 11.2. The van der Waals surface area contributed by atoms with Gasteiger partial charge in [-0.25, -0.2) is 13.2 Å². The van der Waals surface area contributed by atoms with Crippen LogP contribution in [-0.2, 0) is 23.1 Å². The smallest absolute Gasteiger partial charge is 0.339 e. The summed E-state index contributed by atoms with van der Waals surface area (Å²) in [6, 6.07) is 1.45. The van der Waals surface area contributed by atoms with Crippen LogP contribution in [0, 0.1) is 0 Å². The number of nitrogens with zero attached hydrogens (tertiary/aromatic N) is 3. The highest BCUT2D eigenvalue weighted by molar-refractivity contribution is 7.89. The maximum Gasteiger partial charge on any atom is 0.339 e. The fourth-order valence-electron chi connectivity index (χ4n) is 2.21. The standard InChI is InChI=1S/C11H10ClN3O4S2/c12-10-9(1-4-20-10)21(18,19)14-2-3-15-8(6-14)7(5-13-15)11(16)17/h1,4-5H,2-3,6H2,(H,16,17). The van der Waals surface area contributed by atoms with Gasteiger partial charge in [0.1, 0.15) is 14.8 Å². The molecule has 2 aromatic heterocycles. The van der Waals surface area contributed by atoms with E-state index in [0.717, 1.165) is 11.3 Å². The van der Waals surface area contributed by atoms with E-state index in [1.807, 2.05) is 0 Å². The van der Waals surface area contributed by atoms with Gasteiger partial charge in [0.05, 0.1) is 25.0 Å². The average Bonchev–Trinajstić information content (AvgIpc) is 3.03. The molecule has 1 aliphatic rings. The zero-order chi connectivity index (χ0) is 15.2. The van der Waals surface area contributed by atoms with Gasteiger partial charge in [-0.3, -0.25) is 4.68 Å². The summed E-state index contributed by atoms with van der Waals surface area (Å²) in [6.45, 7) is 0.502. The van der Waals surface area contributed by atoms with Crippen molar-refractivity contribution in [3.05, 3.63) is 33.2 Å². The van der Waals surface area contributed by atoms with E-state index in [2.05, 4.69) is 5.10 Å². The van der Waals surface area contributed by atoms with Crippen molar-refractivity contribution in [2.75, 3.05) is 6.54 Å². The van der Waals surface area contributed by atoms with Gasteiger partial charge >= 0.3 is 5.97 Å². The Bertz CT molecular complexity index is 811. The van der Waals surface area contributed by atoms with Gasteiger partial charge in [0.15, 0.2) is 0 Å². The van der Waals surface area contributed by atoms with Gasteiger partial charge in [0.25, 0.3) is 0 Å². The van der Waals surface area contributed by atoms with Crippen LogP contribution in [0.2, 0.25) is 4.34 Å². The quantitative estimate of drug-likeness (QED) is 0.908. The largest absolute Gasteiger partial charge is 0.478 e. The Kier molecular flexibility index (Phi) is 3.52. The average molecular weight is 348 g/mol. The second kappa shape index (κ2) is 5.09. The van der Waals surface area contributed by atoms with E-state index in [1.165, 1.54) is 21.3 Å². The molecule has 3 rings (SSSR count). The van der Waals surface area contributed by atoms with Gasteiger partial charge in [0, 0.05) is 6.54 Å². The highest BCUT2D eigenvalue weighted by Gasteiger charge is 2.33. The lowest BCUT2D eigenvalue weighted by atomic mass is 10.2. The molecule has 21 heavy (non-hydrogen) atoms. The van der Waals surface area contributed by atoms with Crippen molar-refractivity contribution >= 4 is 38.9 Å². The van der Waals surface area contributed by atoms with Crippen molar-refractivity contribution in [1.82, 2.24) is 14.1 Å². The summed E-state index contributed by atoms with van der Waals surface area (Å²) < 4.78 is 28.1. The van der Waals surface area contributed by atoms with E-state index in [4.69, 9.17) is 16.7 Å². The molecule has 1 aliphatic heterocycles. The van der Waals surface area contributed by atoms with Gasteiger partial charge in [-0.2, -0.15) is 9.40 Å². The summed E-state index contributed by atoms with van der Waals surface area (Å²) in [5, 5.41) is 14.7. The van der Waals surface area contributed by atoms with Gasteiger partial charge < -0.3 is 5.11 Å². The minimum atomic E-state index is -3.73. The molecule has 2 aromatic rings. The SMILES string of the molecule is O=C(O)c1cnn2c1CN(S(=O)(=O)c1ccsc1Cl)CC2. The molecule has 1 N–H and O–H groups in total. The number of halogens is 1. The van der Waals surface area contributed by atoms with E-state index < -0.39 is 16.0 Å². The summed E-state index contributed by atoms with van der Waals surface area (Å²) in [7, 11) is -3.73. The molecule has 112 valence electrons. The molecule has 10 heteroatoms. The maximum atomic E-state index is 12.6. The van der Waals surface area contributed by atoms with Crippen molar-refractivity contribution in [3.63, 3.8) is 0 Å². The molecule has 0 atom stereocenters. The number of hydrogen-bond donors (Lipinski definition) is 1. The lowest BCUT2D eigenvalue weighted by Crippen LogP contribution is -2.38. The van der Waals surface area contributed by atoms with Crippen molar-refractivity contribution < 1.29 is 18.3 Å². The van der Waals surface area contributed by atoms with E-state index in [1.54, 1.807) is 5.38 Å². The lowest BCUT2D eigenvalue weighted by Gasteiger charge is -2.27. The predicted octanol–water partition coefficient (Wildman–Crippen LogP) is 1.50. The van der Waals surface area contributed by atoms with E-state index >= 15 is 0 Å². The van der Waals surface area contributed by atoms with Gasteiger partial charge in [-0.1, -0.05) is 11.6 Å². The Hall–Kier alpha value is -1.42. The first-order valence-corrected chi connectivity index (χ1v) is 8.62. The number of sulfonamides is 1. The molecule has 0 saturated heterocycles. The zero-order valence-electron chi connectivity index (χ0n) is 10.6. The number of aromatic carboxylic acids is 1. The summed E-state index contributed by atoms with van der Waals surface area (Å²) >= 11 is 7.04. The topological polar surface area (TPSA) is 92.5 Å². The second-order valence-corrected chi connectivity index (χ2v) is 7.85. The zero-order valence-corrected chi connectivity index (χ0v) is 13.0. The first kappa shape index (κ1) is 14.5. The van der Waals surface area contributed by atoms with Crippen molar-refractivity contribution in [2.24, 2.45) is 0 Å². The number of carboxylic acid groups (broad SMARTS) is 1. The van der Waals surface area contributed by atoms with Crippen molar-refractivity contribution in [1.29, 1.82) is 0 Å². The summed E-state index contributed by atoms with van der Waals surface area (Å²) in [5.74, 6) is -1.12. The number of hydrogen-bond acceptors (Lipinski definition) is 5. The fourth-order valence-corrected chi connectivity index (χ4v) is 5.11. The van der Waals surface area contributed by atoms with Crippen LogP contribution in [0.25, 0.3) is 0 Å². The van der Waals surface area contributed by atoms with Crippen LogP contribution in [0.5, 0.6) is 0 Å². The van der Waals surface area contributed by atoms with Crippen LogP contribution in [0.1, 0.15) is 16.1 Å². The number of rotatable bonds is 3. The van der Waals surface area contributed by atoms with Gasteiger partial charge in [0.2, 0.25) is 10.0 Å².